The van der Waals surface area contributed by atoms with Gasteiger partial charge in [0.05, 0.1) is 85.9 Å². The summed E-state index contributed by atoms with van der Waals surface area (Å²) in [6, 6.07) is 4.18. The number of ether oxygens (including phenoxy) is 9. The molecule has 7 fully saturated rings. The second kappa shape index (κ2) is 28.1. The number of aliphatic hydroxyl groups excluding tert-OH is 1. The van der Waals surface area contributed by atoms with E-state index in [0.29, 0.717) is 42.9 Å². The van der Waals surface area contributed by atoms with Gasteiger partial charge in [-0.1, -0.05) is 46.1 Å². The number of Topliss-reactive ketones (excluding diaryl/α,β-unsaturated/α-hetero) is 1. The molecule has 18 atom stereocenters. The molecule has 21 heteroatoms. The lowest BCUT2D eigenvalue weighted by Crippen LogP contribution is -2.56. The molecule has 7 saturated heterocycles. The summed E-state index contributed by atoms with van der Waals surface area (Å²) in [5, 5.41) is 21.5. The van der Waals surface area contributed by atoms with Crippen molar-refractivity contribution < 1.29 is 71.7 Å². The molecule has 1 aromatic rings. The molecule has 0 saturated carbocycles. The molecular weight excluding hydrogens is 1030 g/mol. The Morgan fingerprint density at radius 1 is 0.863 bits per heavy atom. The van der Waals surface area contributed by atoms with Crippen LogP contribution in [0, 0.1) is 17.8 Å². The van der Waals surface area contributed by atoms with E-state index in [1.165, 1.54) is 5.57 Å². The fourth-order valence-corrected chi connectivity index (χ4v) is 12.8. The van der Waals surface area contributed by atoms with Crippen molar-refractivity contribution in [2.45, 2.75) is 234 Å². The predicted octanol–water partition coefficient (Wildman–Crippen LogP) is 5.52. The number of hydrogen-bond donors (Lipinski definition) is 7. The second-order valence-electron chi connectivity index (χ2n) is 23.9. The molecule has 21 nitrogen and oxygen atoms in total. The summed E-state index contributed by atoms with van der Waals surface area (Å²) in [5.41, 5.74) is 14.5. The minimum atomic E-state index is -0.987. The van der Waals surface area contributed by atoms with Crippen LogP contribution in [0.4, 0.5) is 15.3 Å². The Balaban J connectivity index is 0.730. The van der Waals surface area contributed by atoms with E-state index in [1.54, 1.807) is 45.2 Å². The number of carbonyl (C=O) groups is 5. The number of ketones is 1. The van der Waals surface area contributed by atoms with E-state index in [1.807, 2.05) is 0 Å². The van der Waals surface area contributed by atoms with E-state index in [0.717, 1.165) is 56.9 Å². The highest BCUT2D eigenvalue weighted by Crippen LogP contribution is 2.49. The van der Waals surface area contributed by atoms with Gasteiger partial charge in [-0.15, -0.1) is 0 Å². The van der Waals surface area contributed by atoms with Gasteiger partial charge in [-0.2, -0.15) is 0 Å². The summed E-state index contributed by atoms with van der Waals surface area (Å²) in [5.74, 6) is -1.55. The van der Waals surface area contributed by atoms with Crippen LogP contribution < -0.4 is 32.7 Å². The molecule has 8 rings (SSSR count). The molecule has 4 bridgehead atoms. The first-order chi connectivity index (χ1) is 38.2. The number of benzene rings is 1. The number of nitrogens with two attached hydrogens (primary N) is 2. The van der Waals surface area contributed by atoms with Gasteiger partial charge >= 0.3 is 12.1 Å². The summed E-state index contributed by atoms with van der Waals surface area (Å²) in [4.78, 5) is 63.4. The average Bonchev–Trinajstić information content (AvgIpc) is 4.18. The van der Waals surface area contributed by atoms with Crippen molar-refractivity contribution in [2.24, 2.45) is 29.2 Å². The molecule has 5 amide bonds. The Bertz CT molecular complexity index is 2290. The van der Waals surface area contributed by atoms with Gasteiger partial charge in [0.25, 0.3) is 0 Å². The van der Waals surface area contributed by atoms with Gasteiger partial charge < -0.3 is 80.5 Å². The third-order valence-corrected chi connectivity index (χ3v) is 17.5. The first kappa shape index (κ1) is 61.5. The minimum Gasteiger partial charge on any atom is -0.445 e. The van der Waals surface area contributed by atoms with E-state index < -0.39 is 60.1 Å². The number of rotatable bonds is 26. The van der Waals surface area contributed by atoms with Crippen LogP contribution in [0.15, 0.2) is 48.6 Å². The summed E-state index contributed by atoms with van der Waals surface area (Å²) < 4.78 is 57.4. The van der Waals surface area contributed by atoms with Crippen LogP contribution in [0.2, 0.25) is 0 Å². The Kier molecular flexibility index (Phi) is 21.6. The average molecular weight is 1120 g/mol. The summed E-state index contributed by atoms with van der Waals surface area (Å²) >= 11 is 0. The lowest BCUT2D eigenvalue weighted by atomic mass is 9.86. The van der Waals surface area contributed by atoms with Gasteiger partial charge in [0.15, 0.2) is 5.79 Å². The predicted molar refractivity (Wildman–Crippen MR) is 295 cm³/mol. The third-order valence-electron chi connectivity index (χ3n) is 17.5. The third kappa shape index (κ3) is 16.4. The topological polar surface area (TPSA) is 289 Å². The van der Waals surface area contributed by atoms with Crippen LogP contribution in [0.1, 0.15) is 136 Å². The number of primary amides is 1. The van der Waals surface area contributed by atoms with Crippen molar-refractivity contribution in [3.05, 3.63) is 54.1 Å². The lowest BCUT2D eigenvalue weighted by Gasteiger charge is -2.47. The molecule has 7 heterocycles. The highest BCUT2D eigenvalue weighted by Gasteiger charge is 2.56. The first-order valence-electron chi connectivity index (χ1n) is 29.3. The Labute approximate surface area is 471 Å². The van der Waals surface area contributed by atoms with Crippen molar-refractivity contribution in [3.8, 4) is 0 Å². The number of methoxy groups -OCH3 is 1. The normalized spacial score (nSPS) is 34.0. The van der Waals surface area contributed by atoms with Crippen molar-refractivity contribution in [1.82, 2.24) is 16.0 Å². The number of aliphatic hydroxyl groups is 1. The zero-order valence-electron chi connectivity index (χ0n) is 47.6. The number of fused-ring (bicyclic) bond motifs is 7. The number of alkyl carbamates (subject to hydrolysis) is 1. The molecule has 80 heavy (non-hydrogen) atoms. The zero-order valence-corrected chi connectivity index (χ0v) is 47.6. The molecule has 7 aliphatic heterocycles. The Morgan fingerprint density at radius 3 is 2.38 bits per heavy atom. The number of anilines is 1. The fourth-order valence-electron chi connectivity index (χ4n) is 12.8. The van der Waals surface area contributed by atoms with Crippen molar-refractivity contribution in [2.75, 3.05) is 32.1 Å². The van der Waals surface area contributed by atoms with Crippen LogP contribution >= 0.6 is 0 Å². The maximum atomic E-state index is 13.8. The van der Waals surface area contributed by atoms with Crippen LogP contribution in [-0.2, 0) is 63.6 Å². The van der Waals surface area contributed by atoms with E-state index in [2.05, 4.69) is 48.3 Å². The summed E-state index contributed by atoms with van der Waals surface area (Å²) in [6.07, 6.45) is 6.85. The number of amides is 5. The molecule has 10 unspecified atom stereocenters. The van der Waals surface area contributed by atoms with Gasteiger partial charge in [-0.05, 0) is 112 Å². The summed E-state index contributed by atoms with van der Waals surface area (Å²) in [7, 11) is 1.57. The molecule has 0 radical (unpaired) electrons. The molecule has 9 N–H and O–H groups in total. The second-order valence-corrected chi connectivity index (χ2v) is 23.9. The molecule has 0 spiro atoms. The van der Waals surface area contributed by atoms with Gasteiger partial charge in [-0.25, -0.2) is 9.59 Å². The van der Waals surface area contributed by atoms with Crippen LogP contribution in [0.5, 0.6) is 0 Å². The van der Waals surface area contributed by atoms with Crippen molar-refractivity contribution >= 4 is 35.4 Å². The van der Waals surface area contributed by atoms with E-state index in [-0.39, 0.29) is 131 Å². The molecule has 446 valence electrons. The van der Waals surface area contributed by atoms with Crippen molar-refractivity contribution in [3.63, 3.8) is 0 Å². The Morgan fingerprint density at radius 2 is 1.64 bits per heavy atom. The number of urea groups is 1. The van der Waals surface area contributed by atoms with E-state index in [9.17, 15) is 29.1 Å². The van der Waals surface area contributed by atoms with Gasteiger partial charge in [-0.3, -0.25) is 14.4 Å². The minimum absolute atomic E-state index is 0.0226. The SMILES string of the molecule is C=C1CC(CC[C@]23CCC(O2)C2CC(O3)[C@H]3OC(CC(=O)CC4CO[C@H](CC(O)CNC(=O)OCc5ccc(NC(=O)C(CCCNC(N)=O)NC(=O)[C@@H](N)C(C)C)cc5)[C@@H]4OC)CCC3O2)OC1CC[C@H]1C[C@@H](C)C(=C)[C@@H](C)O1. The van der Waals surface area contributed by atoms with E-state index >= 15 is 0 Å². The quantitative estimate of drug-likeness (QED) is 0.0444. The van der Waals surface area contributed by atoms with Crippen molar-refractivity contribution in [1.29, 1.82) is 0 Å². The number of hydrogen-bond acceptors (Lipinski definition) is 16. The smallest absolute Gasteiger partial charge is 0.407 e. The summed E-state index contributed by atoms with van der Waals surface area (Å²) in [6.45, 7) is 16.9. The lowest BCUT2D eigenvalue weighted by molar-refractivity contribution is -0.276. The van der Waals surface area contributed by atoms with Crippen LogP contribution in [0.25, 0.3) is 0 Å². The molecule has 0 aromatic heterocycles. The molecule has 7 aliphatic rings. The fraction of sp³-hybridized carbons (Fsp3) is 0.746. The largest absolute Gasteiger partial charge is 0.445 e. The van der Waals surface area contributed by atoms with Gasteiger partial charge in [0.2, 0.25) is 11.8 Å². The standard InChI is InChI=1S/C59H90N6O15/c1-32(2)52(60)56(69)65-45(9-8-22-62-57(61)70)55(68)64-39-12-10-37(11-13-39)30-74-58(71)63-29-41(67)27-50-53(72-7)38(31-73-50)25-40(66)26-43-15-17-48-54(77-43)51-28-49(78-48)47-19-21-59(79-47,80-51)20-18-44-24-34(4)46(76-44)16-14-42-23-33(3)35(5)36(6)75-42/h10-13,32-33,36,38,41-54,67H,4-5,8-9,14-31,60H2,1-3,6-7H3,(H,63,71)(H,64,68)(H,65,69)(H3,61,62,70)/t33-,36-,38?,41?,42+,43?,44?,45?,46?,47?,48?,49?,50-,51?,52+,53-,54+,59+/m1/s1. The van der Waals surface area contributed by atoms with Crippen LogP contribution in [-0.4, -0.2) is 159 Å². The highest BCUT2D eigenvalue weighted by molar-refractivity contribution is 5.97. The van der Waals surface area contributed by atoms with Gasteiger partial charge in [0.1, 0.15) is 24.5 Å². The molecule has 1 aromatic carbocycles. The Hall–Kier alpha value is -4.55. The molecule has 0 aliphatic carbocycles. The monoisotopic (exact) mass is 1120 g/mol. The highest BCUT2D eigenvalue weighted by atomic mass is 16.7. The number of carbonyl (C=O) groups excluding carboxylic acids is 5. The maximum absolute atomic E-state index is 13.8. The van der Waals surface area contributed by atoms with Gasteiger partial charge in [0, 0.05) is 70.3 Å². The maximum Gasteiger partial charge on any atom is 0.407 e. The number of nitrogens with one attached hydrogen (secondary N) is 4. The van der Waals surface area contributed by atoms with E-state index in [4.69, 9.17) is 54.1 Å². The zero-order chi connectivity index (χ0) is 57.3. The molecular formula is C59H90N6O15. The first-order valence-corrected chi connectivity index (χ1v) is 29.3. The van der Waals surface area contributed by atoms with Crippen LogP contribution in [0.3, 0.4) is 0 Å².